The van der Waals surface area contributed by atoms with Crippen LogP contribution in [0.3, 0.4) is 0 Å². The number of carbonyl (C=O) groups excluding carboxylic acids is 1. The van der Waals surface area contributed by atoms with Crippen molar-refractivity contribution in [2.45, 2.75) is 32.6 Å². The van der Waals surface area contributed by atoms with E-state index in [1.807, 2.05) is 17.2 Å². The fourth-order valence-corrected chi connectivity index (χ4v) is 4.46. The highest BCUT2D eigenvalue weighted by molar-refractivity contribution is 9.10. The predicted molar refractivity (Wildman–Crippen MR) is 109 cm³/mol. The maximum atomic E-state index is 11.7. The summed E-state index contributed by atoms with van der Waals surface area (Å²) in [7, 11) is 0. The third kappa shape index (κ3) is 3.34. The Morgan fingerprint density at radius 1 is 1.15 bits per heavy atom. The van der Waals surface area contributed by atoms with Gasteiger partial charge in [-0.05, 0) is 76.5 Å². The molecule has 1 aliphatic carbocycles. The van der Waals surface area contributed by atoms with Crippen LogP contribution in [-0.4, -0.2) is 34.0 Å². The molecule has 1 saturated heterocycles. The Bertz CT molecular complexity index is 958. The number of rotatable bonds is 0. The summed E-state index contributed by atoms with van der Waals surface area (Å²) in [5, 5.41) is 10.1. The van der Waals surface area contributed by atoms with Crippen LogP contribution in [0.5, 0.6) is 5.75 Å². The van der Waals surface area contributed by atoms with Gasteiger partial charge in [-0.25, -0.2) is 0 Å². The standard InChI is InChI=1S/C21H22BrN3O2/c1-12(26)25-6-4-13(5-7-25)20-17-10-18(23)19(27)9-14(17)2-3-15-8-16(22)11-24-21(15)20/h8-11,27H,2-7,23H2,1H3. The predicted octanol–water partition coefficient (Wildman–Crippen LogP) is 3.67. The van der Waals surface area contributed by atoms with Gasteiger partial charge in [-0.3, -0.25) is 9.78 Å². The van der Waals surface area contributed by atoms with Gasteiger partial charge < -0.3 is 15.7 Å². The molecule has 6 heteroatoms. The highest BCUT2D eigenvalue weighted by Crippen LogP contribution is 2.40. The van der Waals surface area contributed by atoms with E-state index in [0.717, 1.165) is 65.6 Å². The van der Waals surface area contributed by atoms with Gasteiger partial charge in [0.25, 0.3) is 0 Å². The van der Waals surface area contributed by atoms with E-state index in [0.29, 0.717) is 5.69 Å². The number of nitrogens with zero attached hydrogens (tertiary/aromatic N) is 2. The van der Waals surface area contributed by atoms with Gasteiger partial charge in [-0.1, -0.05) is 5.57 Å². The van der Waals surface area contributed by atoms with Gasteiger partial charge in [-0.15, -0.1) is 0 Å². The summed E-state index contributed by atoms with van der Waals surface area (Å²) in [6.07, 6.45) is 5.16. The van der Waals surface area contributed by atoms with Crippen LogP contribution in [0.4, 0.5) is 5.69 Å². The lowest BCUT2D eigenvalue weighted by atomic mass is 9.88. The molecule has 140 valence electrons. The van der Waals surface area contributed by atoms with E-state index in [9.17, 15) is 9.90 Å². The maximum absolute atomic E-state index is 11.7. The number of likely N-dealkylation sites (tertiary alicyclic amines) is 1. The first-order valence-corrected chi connectivity index (χ1v) is 9.97. The number of carbonyl (C=O) groups is 1. The zero-order valence-corrected chi connectivity index (χ0v) is 16.8. The molecule has 5 nitrogen and oxygen atoms in total. The molecule has 2 heterocycles. The first-order valence-electron chi connectivity index (χ1n) is 9.18. The zero-order valence-electron chi connectivity index (χ0n) is 15.3. The van der Waals surface area contributed by atoms with Crippen molar-refractivity contribution in [2.75, 3.05) is 18.8 Å². The topological polar surface area (TPSA) is 79.5 Å². The Morgan fingerprint density at radius 3 is 2.56 bits per heavy atom. The Labute approximate surface area is 167 Å². The Kier molecular flexibility index (Phi) is 4.68. The first-order chi connectivity index (χ1) is 12.9. The number of piperidine rings is 1. The summed E-state index contributed by atoms with van der Waals surface area (Å²) in [5.74, 6) is 0.251. The second-order valence-electron chi connectivity index (χ2n) is 7.21. The van der Waals surface area contributed by atoms with Crippen LogP contribution in [0.2, 0.25) is 0 Å². The number of aromatic hydroxyl groups is 1. The summed E-state index contributed by atoms with van der Waals surface area (Å²) in [5.41, 5.74) is 13.2. The molecule has 2 aliphatic rings. The lowest BCUT2D eigenvalue weighted by molar-refractivity contribution is -0.129. The quantitative estimate of drug-likeness (QED) is 0.496. The molecule has 27 heavy (non-hydrogen) atoms. The van der Waals surface area contributed by atoms with Gasteiger partial charge in [0.2, 0.25) is 5.91 Å². The van der Waals surface area contributed by atoms with Crippen LogP contribution in [-0.2, 0) is 17.6 Å². The SMILES string of the molecule is CC(=O)N1CCC(=C2c3cc(N)c(O)cc3CCc3cc(Br)cnc32)CC1. The molecule has 1 aromatic carbocycles. The van der Waals surface area contributed by atoms with Gasteiger partial charge in [0.15, 0.2) is 0 Å². The van der Waals surface area contributed by atoms with Gasteiger partial charge in [-0.2, -0.15) is 0 Å². The summed E-state index contributed by atoms with van der Waals surface area (Å²) < 4.78 is 0.963. The lowest BCUT2D eigenvalue weighted by Crippen LogP contribution is -2.34. The summed E-state index contributed by atoms with van der Waals surface area (Å²) in [4.78, 5) is 18.3. The number of halogens is 1. The van der Waals surface area contributed by atoms with Crippen molar-refractivity contribution in [1.29, 1.82) is 0 Å². The van der Waals surface area contributed by atoms with Crippen molar-refractivity contribution in [2.24, 2.45) is 0 Å². The number of fused-ring (bicyclic) bond motifs is 2. The molecule has 1 fully saturated rings. The third-order valence-electron chi connectivity index (χ3n) is 5.52. The molecule has 0 atom stereocenters. The molecular weight excluding hydrogens is 406 g/mol. The fourth-order valence-electron chi connectivity index (χ4n) is 4.08. The first kappa shape index (κ1) is 18.0. The average Bonchev–Trinajstić information content (AvgIpc) is 2.79. The van der Waals surface area contributed by atoms with Crippen molar-refractivity contribution in [1.82, 2.24) is 9.88 Å². The van der Waals surface area contributed by atoms with Crippen LogP contribution in [0.1, 0.15) is 42.1 Å². The molecule has 3 N–H and O–H groups in total. The second-order valence-corrected chi connectivity index (χ2v) is 8.13. The van der Waals surface area contributed by atoms with E-state index in [4.69, 9.17) is 10.7 Å². The Hall–Kier alpha value is -2.34. The van der Waals surface area contributed by atoms with Gasteiger partial charge in [0, 0.05) is 36.3 Å². The van der Waals surface area contributed by atoms with Crippen molar-refractivity contribution < 1.29 is 9.90 Å². The number of nitrogens with two attached hydrogens (primary N) is 1. The summed E-state index contributed by atoms with van der Waals surface area (Å²) in [6.45, 7) is 3.07. The molecule has 1 amide bonds. The van der Waals surface area contributed by atoms with E-state index in [2.05, 4.69) is 22.0 Å². The average molecular weight is 428 g/mol. The minimum atomic E-state index is 0.122. The normalized spacial score (nSPS) is 16.6. The van der Waals surface area contributed by atoms with E-state index >= 15 is 0 Å². The Balaban J connectivity index is 1.90. The number of amides is 1. The number of phenols is 1. The Morgan fingerprint density at radius 2 is 1.85 bits per heavy atom. The number of hydrogen-bond donors (Lipinski definition) is 2. The van der Waals surface area contributed by atoms with Gasteiger partial charge in [0.1, 0.15) is 5.75 Å². The highest BCUT2D eigenvalue weighted by Gasteiger charge is 2.26. The van der Waals surface area contributed by atoms with Crippen LogP contribution < -0.4 is 5.73 Å². The number of pyridine rings is 1. The summed E-state index contributed by atoms with van der Waals surface area (Å²) >= 11 is 3.53. The number of anilines is 1. The number of aromatic nitrogens is 1. The molecule has 0 unspecified atom stereocenters. The van der Waals surface area contributed by atoms with Crippen molar-refractivity contribution in [3.8, 4) is 5.75 Å². The van der Waals surface area contributed by atoms with E-state index in [-0.39, 0.29) is 11.7 Å². The van der Waals surface area contributed by atoms with E-state index < -0.39 is 0 Å². The van der Waals surface area contributed by atoms with Crippen LogP contribution in [0.15, 0.2) is 34.4 Å². The van der Waals surface area contributed by atoms with Gasteiger partial charge >= 0.3 is 0 Å². The number of phenolic OH excluding ortho intramolecular Hbond substituents is 1. The van der Waals surface area contributed by atoms with E-state index in [1.54, 1.807) is 13.0 Å². The summed E-state index contributed by atoms with van der Waals surface area (Å²) in [6, 6.07) is 5.79. The fraction of sp³-hybridized carbons (Fsp3) is 0.333. The van der Waals surface area contributed by atoms with Crippen LogP contribution in [0.25, 0.3) is 5.57 Å². The smallest absolute Gasteiger partial charge is 0.219 e. The highest BCUT2D eigenvalue weighted by atomic mass is 79.9. The zero-order chi connectivity index (χ0) is 19.1. The molecule has 0 bridgehead atoms. The number of hydrogen-bond acceptors (Lipinski definition) is 4. The van der Waals surface area contributed by atoms with Crippen molar-refractivity contribution in [3.05, 3.63) is 56.8 Å². The third-order valence-corrected chi connectivity index (χ3v) is 5.96. The number of aryl methyl sites for hydroxylation is 2. The molecule has 0 radical (unpaired) electrons. The number of benzene rings is 1. The van der Waals surface area contributed by atoms with Crippen molar-refractivity contribution in [3.63, 3.8) is 0 Å². The maximum Gasteiger partial charge on any atom is 0.219 e. The van der Waals surface area contributed by atoms with Crippen molar-refractivity contribution >= 4 is 33.1 Å². The van der Waals surface area contributed by atoms with Gasteiger partial charge in [0.05, 0.1) is 11.4 Å². The largest absolute Gasteiger partial charge is 0.506 e. The van der Waals surface area contributed by atoms with Crippen LogP contribution >= 0.6 is 15.9 Å². The minimum Gasteiger partial charge on any atom is -0.506 e. The molecule has 4 rings (SSSR count). The lowest BCUT2D eigenvalue weighted by Gasteiger charge is -2.29. The monoisotopic (exact) mass is 427 g/mol. The molecule has 0 saturated carbocycles. The van der Waals surface area contributed by atoms with E-state index in [1.165, 1.54) is 11.1 Å². The molecule has 1 aliphatic heterocycles. The number of nitrogen functional groups attached to an aromatic ring is 1. The molecule has 0 spiro atoms. The molecule has 2 aromatic rings. The minimum absolute atomic E-state index is 0.122. The molecule has 1 aromatic heterocycles. The van der Waals surface area contributed by atoms with Crippen LogP contribution in [0, 0.1) is 0 Å². The molecular formula is C21H22BrN3O2. The second kappa shape index (κ2) is 7.00.